The maximum Gasteiger partial charge on any atom is 0.244 e. The number of sulfonamides is 1. The van der Waals surface area contributed by atoms with Gasteiger partial charge in [0.15, 0.2) is 0 Å². The fourth-order valence-corrected chi connectivity index (χ4v) is 5.74. The van der Waals surface area contributed by atoms with Crippen LogP contribution in [0.25, 0.3) is 0 Å². The molecule has 0 radical (unpaired) electrons. The topological polar surface area (TPSA) is 79.4 Å². The van der Waals surface area contributed by atoms with Gasteiger partial charge < -0.3 is 5.32 Å². The van der Waals surface area contributed by atoms with Crippen LogP contribution in [-0.4, -0.2) is 42.0 Å². The Balaban J connectivity index is 1.56. The summed E-state index contributed by atoms with van der Waals surface area (Å²) in [7, 11) is -1.95. The highest BCUT2D eigenvalue weighted by Crippen LogP contribution is 2.27. The van der Waals surface area contributed by atoms with Crippen LogP contribution in [0, 0.1) is 5.82 Å². The molecule has 1 N–H and O–H groups in total. The molecule has 1 amide bonds. The molecule has 168 valence electrons. The van der Waals surface area contributed by atoms with E-state index in [1.807, 2.05) is 0 Å². The van der Waals surface area contributed by atoms with Crippen molar-refractivity contribution in [1.29, 1.82) is 0 Å². The molecule has 1 fully saturated rings. The van der Waals surface area contributed by atoms with Gasteiger partial charge in [-0.3, -0.25) is 4.79 Å². The average molecular weight is 466 g/mol. The number of nitrogens with one attached hydrogen (secondary N) is 1. The Morgan fingerprint density at radius 1 is 1.19 bits per heavy atom. The lowest BCUT2D eigenvalue weighted by atomic mass is 9.96. The number of carbonyl (C=O) groups excluding carboxylic acids is 1. The number of benzene rings is 1. The van der Waals surface area contributed by atoms with Crippen molar-refractivity contribution in [3.63, 3.8) is 0 Å². The summed E-state index contributed by atoms with van der Waals surface area (Å²) >= 11 is 1.25. The van der Waals surface area contributed by atoms with Gasteiger partial charge in [0.1, 0.15) is 10.7 Å². The van der Waals surface area contributed by atoms with Crippen molar-refractivity contribution in [2.24, 2.45) is 0 Å². The molecule has 0 bridgehead atoms. The summed E-state index contributed by atoms with van der Waals surface area (Å²) in [6.07, 6.45) is 6.41. The van der Waals surface area contributed by atoms with Gasteiger partial charge in [0, 0.05) is 25.8 Å². The standard InChI is InChI=1S/C22H28FN3O3S2/c1-16(22(27)25-14-17-8-10-18(23)11-9-17)30-21-13-12-20(15-24-21)31(28,29)26(2)19-6-4-3-5-7-19/h8-13,15-16,19H,3-7,14H2,1-2H3,(H,25,27). The second kappa shape index (κ2) is 10.6. The van der Waals surface area contributed by atoms with E-state index in [1.54, 1.807) is 38.2 Å². The highest BCUT2D eigenvalue weighted by Gasteiger charge is 2.29. The largest absolute Gasteiger partial charge is 0.351 e. The summed E-state index contributed by atoms with van der Waals surface area (Å²) in [5.41, 5.74) is 0.807. The van der Waals surface area contributed by atoms with Crippen LogP contribution in [0.5, 0.6) is 0 Å². The number of halogens is 1. The molecule has 9 heteroatoms. The van der Waals surface area contributed by atoms with Crippen LogP contribution in [0.15, 0.2) is 52.5 Å². The van der Waals surface area contributed by atoms with Crippen molar-refractivity contribution < 1.29 is 17.6 Å². The van der Waals surface area contributed by atoms with Gasteiger partial charge in [-0.05, 0) is 49.6 Å². The molecule has 1 atom stereocenters. The van der Waals surface area contributed by atoms with E-state index in [0.717, 1.165) is 37.7 Å². The van der Waals surface area contributed by atoms with E-state index in [1.165, 1.54) is 34.4 Å². The minimum absolute atomic E-state index is 0.0395. The second-order valence-corrected chi connectivity index (χ2v) is 11.1. The zero-order valence-electron chi connectivity index (χ0n) is 17.8. The van der Waals surface area contributed by atoms with E-state index in [0.29, 0.717) is 11.6 Å². The highest BCUT2D eigenvalue weighted by molar-refractivity contribution is 8.00. The number of amides is 1. The third-order valence-corrected chi connectivity index (χ3v) is 8.47. The number of rotatable bonds is 8. The van der Waals surface area contributed by atoms with E-state index in [-0.39, 0.29) is 22.7 Å². The molecule has 1 aliphatic rings. The van der Waals surface area contributed by atoms with Gasteiger partial charge in [-0.25, -0.2) is 17.8 Å². The SMILES string of the molecule is CC(Sc1ccc(S(=O)(=O)N(C)C2CCCCC2)cn1)C(=O)NCc1ccc(F)cc1. The maximum absolute atomic E-state index is 13.0. The summed E-state index contributed by atoms with van der Waals surface area (Å²) in [5, 5.41) is 2.97. The van der Waals surface area contributed by atoms with Crippen LogP contribution in [0.4, 0.5) is 4.39 Å². The van der Waals surface area contributed by atoms with Gasteiger partial charge in [0.05, 0.1) is 10.3 Å². The molecule has 31 heavy (non-hydrogen) atoms. The lowest BCUT2D eigenvalue weighted by Crippen LogP contribution is -2.38. The average Bonchev–Trinajstić information content (AvgIpc) is 2.79. The van der Waals surface area contributed by atoms with Crippen molar-refractivity contribution in [2.75, 3.05) is 7.05 Å². The van der Waals surface area contributed by atoms with Crippen LogP contribution in [0.3, 0.4) is 0 Å². The molecular formula is C22H28FN3O3S2. The molecule has 1 aromatic carbocycles. The smallest absolute Gasteiger partial charge is 0.244 e. The predicted octanol–water partition coefficient (Wildman–Crippen LogP) is 3.97. The van der Waals surface area contributed by atoms with Crippen molar-refractivity contribution in [3.05, 3.63) is 54.0 Å². The lowest BCUT2D eigenvalue weighted by molar-refractivity contribution is -0.120. The van der Waals surface area contributed by atoms with Gasteiger partial charge in [-0.15, -0.1) is 0 Å². The summed E-state index contributed by atoms with van der Waals surface area (Å²) in [4.78, 5) is 16.8. The van der Waals surface area contributed by atoms with E-state index in [4.69, 9.17) is 0 Å². The number of pyridine rings is 1. The predicted molar refractivity (Wildman–Crippen MR) is 120 cm³/mol. The van der Waals surface area contributed by atoms with Gasteiger partial charge in [-0.1, -0.05) is 43.2 Å². The van der Waals surface area contributed by atoms with Crippen LogP contribution >= 0.6 is 11.8 Å². The monoisotopic (exact) mass is 465 g/mol. The molecule has 0 spiro atoms. The molecule has 1 aliphatic carbocycles. The fourth-order valence-electron chi connectivity index (χ4n) is 3.57. The fraction of sp³-hybridized carbons (Fsp3) is 0.455. The summed E-state index contributed by atoms with van der Waals surface area (Å²) in [6, 6.07) is 9.17. The van der Waals surface area contributed by atoms with E-state index in [2.05, 4.69) is 10.3 Å². The van der Waals surface area contributed by atoms with E-state index >= 15 is 0 Å². The first kappa shape index (κ1) is 23.7. The number of carbonyl (C=O) groups is 1. The van der Waals surface area contributed by atoms with Crippen LogP contribution in [0.2, 0.25) is 0 Å². The first-order valence-corrected chi connectivity index (χ1v) is 12.7. The van der Waals surface area contributed by atoms with Crippen LogP contribution in [-0.2, 0) is 21.4 Å². The molecule has 1 heterocycles. The molecule has 0 aliphatic heterocycles. The molecular weight excluding hydrogens is 437 g/mol. The molecule has 3 rings (SSSR count). The first-order chi connectivity index (χ1) is 14.8. The van der Waals surface area contributed by atoms with Crippen molar-refractivity contribution in [3.8, 4) is 0 Å². The Morgan fingerprint density at radius 2 is 1.87 bits per heavy atom. The van der Waals surface area contributed by atoms with Crippen molar-refractivity contribution >= 4 is 27.7 Å². The summed E-state index contributed by atoms with van der Waals surface area (Å²) in [5.74, 6) is -0.495. The molecule has 1 unspecified atom stereocenters. The van der Waals surface area contributed by atoms with Crippen molar-refractivity contribution in [1.82, 2.24) is 14.6 Å². The number of thioether (sulfide) groups is 1. The van der Waals surface area contributed by atoms with E-state index in [9.17, 15) is 17.6 Å². The minimum Gasteiger partial charge on any atom is -0.351 e. The Kier molecular flexibility index (Phi) is 8.07. The molecule has 1 aromatic heterocycles. The van der Waals surface area contributed by atoms with E-state index < -0.39 is 15.3 Å². The number of hydrogen-bond donors (Lipinski definition) is 1. The van der Waals surface area contributed by atoms with Gasteiger partial charge >= 0.3 is 0 Å². The Hall–Kier alpha value is -1.97. The third-order valence-electron chi connectivity index (χ3n) is 5.52. The number of nitrogens with zero attached hydrogens (tertiary/aromatic N) is 2. The Bertz CT molecular complexity index is 976. The van der Waals surface area contributed by atoms with Crippen LogP contribution in [0.1, 0.15) is 44.6 Å². The van der Waals surface area contributed by atoms with Gasteiger partial charge in [0.25, 0.3) is 0 Å². The zero-order valence-corrected chi connectivity index (χ0v) is 19.4. The normalized spacial score (nSPS) is 16.3. The highest BCUT2D eigenvalue weighted by atomic mass is 32.2. The Labute approximate surface area is 187 Å². The van der Waals surface area contributed by atoms with Gasteiger partial charge in [-0.2, -0.15) is 4.31 Å². The van der Waals surface area contributed by atoms with Crippen LogP contribution < -0.4 is 5.32 Å². The third kappa shape index (κ3) is 6.27. The molecule has 0 saturated heterocycles. The molecule has 6 nitrogen and oxygen atoms in total. The number of aromatic nitrogens is 1. The Morgan fingerprint density at radius 3 is 2.48 bits per heavy atom. The molecule has 2 aromatic rings. The summed E-state index contributed by atoms with van der Waals surface area (Å²) < 4.78 is 40.2. The second-order valence-electron chi connectivity index (χ2n) is 7.75. The first-order valence-electron chi connectivity index (χ1n) is 10.4. The van der Waals surface area contributed by atoms with Crippen molar-refractivity contribution in [2.45, 2.75) is 66.8 Å². The summed E-state index contributed by atoms with van der Waals surface area (Å²) in [6.45, 7) is 2.07. The minimum atomic E-state index is -3.59. The number of hydrogen-bond acceptors (Lipinski definition) is 5. The van der Waals surface area contributed by atoms with Gasteiger partial charge in [0.2, 0.25) is 15.9 Å². The molecule has 1 saturated carbocycles. The quantitative estimate of drug-likeness (QED) is 0.597. The maximum atomic E-state index is 13.0. The lowest BCUT2D eigenvalue weighted by Gasteiger charge is -2.30. The zero-order chi connectivity index (χ0) is 22.4.